The normalized spacial score (nSPS) is 17.3. The largest absolute Gasteiger partial charge is 0.424 e. The molecule has 1 saturated heterocycles. The van der Waals surface area contributed by atoms with Crippen LogP contribution in [0.25, 0.3) is 0 Å². The van der Waals surface area contributed by atoms with E-state index < -0.39 is 51.2 Å². The monoisotopic (exact) mass is 693 g/mol. The predicted octanol–water partition coefficient (Wildman–Crippen LogP) is 7.34. The van der Waals surface area contributed by atoms with E-state index in [9.17, 15) is 22.0 Å². The molecule has 1 unspecified atom stereocenters. The van der Waals surface area contributed by atoms with Crippen LogP contribution in [-0.2, 0) is 51.2 Å². The van der Waals surface area contributed by atoms with Crippen molar-refractivity contribution in [2.75, 3.05) is 26.4 Å². The maximum Gasteiger partial charge on any atom is 0.392 e. The summed E-state index contributed by atoms with van der Waals surface area (Å²) in [6, 6.07) is 20.6. The fourth-order valence-corrected chi connectivity index (χ4v) is 7.42. The molecule has 0 radical (unpaired) electrons. The van der Waals surface area contributed by atoms with Crippen LogP contribution in [-0.4, -0.2) is 50.6 Å². The van der Waals surface area contributed by atoms with Gasteiger partial charge in [0.25, 0.3) is 0 Å². The van der Waals surface area contributed by atoms with Gasteiger partial charge < -0.3 is 18.9 Å². The maximum atomic E-state index is 13.5. The molecule has 4 rings (SSSR count). The molecule has 8 nitrogen and oxygen atoms in total. The van der Waals surface area contributed by atoms with Crippen LogP contribution in [0, 0.1) is 19.3 Å². The minimum absolute atomic E-state index is 0.0204. The highest BCUT2D eigenvalue weighted by Gasteiger charge is 2.44. The van der Waals surface area contributed by atoms with Crippen molar-refractivity contribution in [3.05, 3.63) is 82.9 Å². The maximum absolute atomic E-state index is 13.5. The highest BCUT2D eigenvalue weighted by Crippen LogP contribution is 2.40. The fourth-order valence-electron chi connectivity index (χ4n) is 4.97. The topological polar surface area (TPSA) is 108 Å². The summed E-state index contributed by atoms with van der Waals surface area (Å²) in [5, 5.41) is -4.55. The Morgan fingerprint density at radius 1 is 0.894 bits per heavy atom. The second-order valence-corrected chi connectivity index (χ2v) is 17.3. The van der Waals surface area contributed by atoms with Gasteiger partial charge in [0, 0.05) is 23.1 Å². The number of carbonyl (C=O) groups is 1. The van der Waals surface area contributed by atoms with Crippen molar-refractivity contribution < 1.29 is 45.5 Å². The Labute approximate surface area is 278 Å². The summed E-state index contributed by atoms with van der Waals surface area (Å²) < 4.78 is 79.4. The zero-order valence-electron chi connectivity index (χ0n) is 28.0. The first-order valence-corrected chi connectivity index (χ1v) is 17.8. The second-order valence-electron chi connectivity index (χ2n) is 13.8. The Kier molecular flexibility index (Phi) is 10.7. The first-order chi connectivity index (χ1) is 21.6. The Morgan fingerprint density at radius 3 is 1.85 bits per heavy atom. The van der Waals surface area contributed by atoms with E-state index in [1.165, 1.54) is 5.56 Å². The van der Waals surface area contributed by atoms with Gasteiger partial charge in [-0.2, -0.15) is 17.2 Å². The van der Waals surface area contributed by atoms with Crippen LogP contribution in [0.15, 0.2) is 75.4 Å². The molecule has 0 amide bonds. The van der Waals surface area contributed by atoms with Crippen LogP contribution in [0.5, 0.6) is 5.75 Å². The minimum Gasteiger partial charge on any atom is -0.424 e. The molecule has 0 saturated carbocycles. The number of ether oxygens (including phenoxy) is 4. The molecule has 0 aliphatic carbocycles. The molecule has 1 N–H and O–H groups in total. The van der Waals surface area contributed by atoms with Gasteiger partial charge in [-0.3, -0.25) is 4.55 Å². The van der Waals surface area contributed by atoms with Gasteiger partial charge in [-0.05, 0) is 79.3 Å². The van der Waals surface area contributed by atoms with Gasteiger partial charge in [0.2, 0.25) is 0 Å². The molecule has 3 aromatic rings. The summed E-state index contributed by atoms with van der Waals surface area (Å²) in [7, 11) is -6.24. The van der Waals surface area contributed by atoms with Crippen LogP contribution >= 0.6 is 0 Å². The molecule has 12 heteroatoms. The summed E-state index contributed by atoms with van der Waals surface area (Å²) >= 11 is 0. The minimum atomic E-state index is -5.68. The van der Waals surface area contributed by atoms with Crippen molar-refractivity contribution in [2.24, 2.45) is 5.41 Å². The van der Waals surface area contributed by atoms with E-state index in [4.69, 9.17) is 18.8 Å². The average Bonchev–Trinajstić information content (AvgIpc) is 2.96. The van der Waals surface area contributed by atoms with Gasteiger partial charge >= 0.3 is 21.3 Å². The highest BCUT2D eigenvalue weighted by molar-refractivity contribution is 7.97. The lowest BCUT2D eigenvalue weighted by Crippen LogP contribution is -2.43. The molecule has 0 aromatic heterocycles. The molecule has 0 bridgehead atoms. The van der Waals surface area contributed by atoms with Crippen molar-refractivity contribution in [1.82, 2.24) is 0 Å². The SMILES string of the molecule is Cc1cc([S+](c2ccc(C(C)(C)C)cc2)c2ccc(C3(C)OCC(C)(C)CO3)cc2)cc(C)c1OC(=O)COCC(F)(F)S(=O)(=O)O. The first kappa shape index (κ1) is 37.0. The van der Waals surface area contributed by atoms with Gasteiger partial charge in [0.1, 0.15) is 19.0 Å². The molecule has 1 atom stereocenters. The zero-order valence-corrected chi connectivity index (χ0v) is 29.6. The molecule has 1 aliphatic rings. The van der Waals surface area contributed by atoms with Gasteiger partial charge in [0.15, 0.2) is 20.5 Å². The van der Waals surface area contributed by atoms with Crippen molar-refractivity contribution in [1.29, 1.82) is 0 Å². The number of rotatable bonds is 10. The predicted molar refractivity (Wildman–Crippen MR) is 176 cm³/mol. The summed E-state index contributed by atoms with van der Waals surface area (Å²) in [4.78, 5) is 15.5. The van der Waals surface area contributed by atoms with Gasteiger partial charge in [0.05, 0.1) is 24.1 Å². The standard InChI is InChI=1S/C35H42F2O8S2/c1-23-17-29(18-24(2)31(23)45-30(38)19-42-22-35(36,37)47(39,40)41)46(27-13-9-25(10-14-27)32(3,4)5)28-15-11-26(12-16-28)34(8)43-20-33(6,7)21-44-34/h9-18H,19-22H2,1-8H3/p+1. The molecule has 1 fully saturated rings. The van der Waals surface area contributed by atoms with Gasteiger partial charge in [-0.25, -0.2) is 4.79 Å². The van der Waals surface area contributed by atoms with Gasteiger partial charge in [-0.15, -0.1) is 0 Å². The van der Waals surface area contributed by atoms with E-state index in [1.54, 1.807) is 13.8 Å². The number of hydrogen-bond acceptors (Lipinski definition) is 7. The van der Waals surface area contributed by atoms with Crippen LogP contribution in [0.3, 0.4) is 0 Å². The lowest BCUT2D eigenvalue weighted by atomic mass is 9.87. The molecule has 256 valence electrons. The number of esters is 1. The molecular formula is C35H43F2O8S2+. The number of hydrogen-bond donors (Lipinski definition) is 1. The van der Waals surface area contributed by atoms with E-state index in [-0.39, 0.29) is 16.6 Å². The summed E-state index contributed by atoms with van der Waals surface area (Å²) in [6.45, 7) is 14.7. The van der Waals surface area contributed by atoms with Crippen molar-refractivity contribution in [3.63, 3.8) is 0 Å². The third-order valence-electron chi connectivity index (χ3n) is 7.80. The third-order valence-corrected chi connectivity index (χ3v) is 10.9. The summed E-state index contributed by atoms with van der Waals surface area (Å²) in [5.74, 6) is -1.61. The number of alkyl halides is 2. The number of aryl methyl sites for hydroxylation is 2. The van der Waals surface area contributed by atoms with E-state index in [0.717, 1.165) is 20.2 Å². The van der Waals surface area contributed by atoms with E-state index in [2.05, 4.69) is 75.8 Å². The summed E-state index contributed by atoms with van der Waals surface area (Å²) in [6.07, 6.45) is 0. The Morgan fingerprint density at radius 2 is 1.38 bits per heavy atom. The van der Waals surface area contributed by atoms with Crippen LogP contribution < -0.4 is 4.74 Å². The van der Waals surface area contributed by atoms with Crippen molar-refractivity contribution in [3.8, 4) is 5.75 Å². The molecule has 0 spiro atoms. The Balaban J connectivity index is 1.63. The third kappa shape index (κ3) is 8.79. The smallest absolute Gasteiger partial charge is 0.392 e. The zero-order chi connectivity index (χ0) is 35.0. The van der Waals surface area contributed by atoms with E-state index in [0.29, 0.717) is 24.3 Å². The molecule has 47 heavy (non-hydrogen) atoms. The number of benzene rings is 3. The quantitative estimate of drug-likeness (QED) is 0.102. The number of halogens is 2. The molecule has 1 aliphatic heterocycles. The van der Waals surface area contributed by atoms with Crippen LogP contribution in [0.1, 0.15) is 63.8 Å². The van der Waals surface area contributed by atoms with Crippen molar-refractivity contribution in [2.45, 2.75) is 86.5 Å². The second kappa shape index (κ2) is 13.6. The fraction of sp³-hybridized carbons (Fsp3) is 0.457. The van der Waals surface area contributed by atoms with E-state index >= 15 is 0 Å². The lowest BCUT2D eigenvalue weighted by molar-refractivity contribution is -0.298. The molecular weight excluding hydrogens is 651 g/mol. The Hall–Kier alpha value is -2.87. The van der Waals surface area contributed by atoms with Crippen molar-refractivity contribution >= 4 is 27.0 Å². The molecule has 1 heterocycles. The summed E-state index contributed by atoms with van der Waals surface area (Å²) in [5.41, 5.74) is 3.30. The lowest BCUT2D eigenvalue weighted by Gasteiger charge is -2.41. The average molecular weight is 694 g/mol. The van der Waals surface area contributed by atoms with Crippen LogP contribution in [0.2, 0.25) is 0 Å². The number of carbonyl (C=O) groups excluding carboxylic acids is 1. The Bertz CT molecular complexity index is 1660. The van der Waals surface area contributed by atoms with Crippen LogP contribution in [0.4, 0.5) is 8.78 Å². The highest BCUT2D eigenvalue weighted by atomic mass is 32.2. The van der Waals surface area contributed by atoms with E-state index in [1.807, 2.05) is 31.2 Å². The molecule has 3 aromatic carbocycles. The van der Waals surface area contributed by atoms with Gasteiger partial charge in [-0.1, -0.05) is 46.8 Å². The first-order valence-electron chi connectivity index (χ1n) is 15.1.